The van der Waals surface area contributed by atoms with E-state index < -0.39 is 17.3 Å². The van der Waals surface area contributed by atoms with Gasteiger partial charge in [-0.15, -0.1) is 0 Å². The van der Waals surface area contributed by atoms with Gasteiger partial charge in [-0.25, -0.2) is 4.39 Å². The Morgan fingerprint density at radius 3 is 3.09 bits per heavy atom. The van der Waals surface area contributed by atoms with Crippen molar-refractivity contribution in [1.29, 1.82) is 0 Å². The number of carbonyl (C=O) groups excluding carboxylic acids is 1. The first-order valence-electron chi connectivity index (χ1n) is 7.70. The average molecular weight is 334 g/mol. The molecule has 6 heteroatoms. The van der Waals surface area contributed by atoms with Gasteiger partial charge < -0.3 is 10.4 Å². The van der Waals surface area contributed by atoms with E-state index >= 15 is 0 Å². The highest BCUT2D eigenvalue weighted by molar-refractivity contribution is 8.00. The maximum Gasteiger partial charge on any atom is 0.253 e. The second-order valence-electron chi connectivity index (χ2n) is 5.80. The Morgan fingerprint density at radius 2 is 2.39 bits per heavy atom. The molecule has 1 aliphatic rings. The van der Waals surface area contributed by atoms with E-state index in [4.69, 9.17) is 0 Å². The molecule has 1 fully saturated rings. The Labute approximate surface area is 138 Å². The maximum atomic E-state index is 13.7. The zero-order valence-electron chi connectivity index (χ0n) is 12.9. The van der Waals surface area contributed by atoms with E-state index in [0.717, 1.165) is 12.2 Å². The van der Waals surface area contributed by atoms with Crippen molar-refractivity contribution in [3.8, 4) is 0 Å². The van der Waals surface area contributed by atoms with Crippen molar-refractivity contribution in [2.24, 2.45) is 0 Å². The van der Waals surface area contributed by atoms with Gasteiger partial charge in [0.15, 0.2) is 0 Å². The lowest BCUT2D eigenvalue weighted by Crippen LogP contribution is -2.57. The monoisotopic (exact) mass is 334 g/mol. The van der Waals surface area contributed by atoms with Gasteiger partial charge in [0.05, 0.1) is 16.7 Å². The molecule has 0 bridgehead atoms. The third-order valence-electron chi connectivity index (χ3n) is 4.28. The number of nitrogens with one attached hydrogen (secondary N) is 1. The second kappa shape index (κ2) is 6.45. The predicted octanol–water partition coefficient (Wildman–Crippen LogP) is 2.75. The summed E-state index contributed by atoms with van der Waals surface area (Å²) in [5, 5.41) is 14.0. The Hall–Kier alpha value is -1.66. The van der Waals surface area contributed by atoms with Crippen LogP contribution in [0.25, 0.3) is 10.9 Å². The van der Waals surface area contributed by atoms with Crippen molar-refractivity contribution >= 4 is 28.6 Å². The molecule has 122 valence electrons. The first-order chi connectivity index (χ1) is 11.0. The van der Waals surface area contributed by atoms with Crippen LogP contribution in [-0.2, 0) is 0 Å². The van der Waals surface area contributed by atoms with Crippen molar-refractivity contribution in [2.75, 3.05) is 12.3 Å². The van der Waals surface area contributed by atoms with E-state index in [2.05, 4.69) is 10.3 Å². The molecule has 0 aliphatic heterocycles. The van der Waals surface area contributed by atoms with Gasteiger partial charge in [-0.05, 0) is 36.8 Å². The zero-order valence-corrected chi connectivity index (χ0v) is 13.7. The second-order valence-corrected chi connectivity index (χ2v) is 7.28. The fourth-order valence-electron chi connectivity index (χ4n) is 2.89. The van der Waals surface area contributed by atoms with Crippen molar-refractivity contribution in [3.63, 3.8) is 0 Å². The number of pyridine rings is 1. The zero-order chi connectivity index (χ0) is 16.4. The molecule has 4 nitrogen and oxygen atoms in total. The summed E-state index contributed by atoms with van der Waals surface area (Å²) in [5.41, 5.74) is -0.206. The van der Waals surface area contributed by atoms with E-state index in [1.165, 1.54) is 12.1 Å². The van der Waals surface area contributed by atoms with E-state index in [1.807, 2.05) is 6.92 Å². The van der Waals surface area contributed by atoms with Crippen LogP contribution in [0.5, 0.6) is 0 Å². The van der Waals surface area contributed by atoms with Crippen molar-refractivity contribution in [2.45, 2.75) is 30.6 Å². The lowest BCUT2D eigenvalue weighted by molar-refractivity contribution is -0.0221. The number of thioether (sulfide) groups is 1. The Kier molecular flexibility index (Phi) is 4.55. The molecular weight excluding hydrogens is 315 g/mol. The molecule has 1 heterocycles. The van der Waals surface area contributed by atoms with Gasteiger partial charge in [0, 0.05) is 23.4 Å². The number of hydrogen-bond donors (Lipinski definition) is 2. The highest BCUT2D eigenvalue weighted by Crippen LogP contribution is 2.40. The molecule has 2 N–H and O–H groups in total. The van der Waals surface area contributed by atoms with Gasteiger partial charge in [0.1, 0.15) is 5.82 Å². The van der Waals surface area contributed by atoms with E-state index in [0.29, 0.717) is 17.3 Å². The number of hydrogen-bond acceptors (Lipinski definition) is 4. The standard InChI is InChI=1S/C17H19FN2O2S/c1-2-23-14-5-6-17(14,22)10-20-16(21)13-9-12(18)8-11-4-3-7-19-15(11)13/h3-4,7-9,14,22H,2,5-6,10H2,1H3,(H,20,21)/t14-,17+/m1/s1. The van der Waals surface area contributed by atoms with E-state index in [1.54, 1.807) is 30.1 Å². The Bertz CT molecular complexity index is 740. The summed E-state index contributed by atoms with van der Waals surface area (Å²) in [6.45, 7) is 2.22. The normalized spacial score (nSPS) is 23.5. The smallest absolute Gasteiger partial charge is 0.253 e. The van der Waals surface area contributed by atoms with Crippen LogP contribution < -0.4 is 5.32 Å². The van der Waals surface area contributed by atoms with Crippen LogP contribution in [0.15, 0.2) is 30.5 Å². The number of halogens is 1. The third-order valence-corrected chi connectivity index (χ3v) is 5.69. The molecule has 1 amide bonds. The minimum atomic E-state index is -0.868. The topological polar surface area (TPSA) is 62.2 Å². The number of aliphatic hydroxyl groups is 1. The van der Waals surface area contributed by atoms with Crippen LogP contribution in [0, 0.1) is 5.82 Å². The first-order valence-corrected chi connectivity index (χ1v) is 8.75. The molecule has 2 atom stereocenters. The van der Waals surface area contributed by atoms with Gasteiger partial charge in [-0.2, -0.15) is 11.8 Å². The minimum absolute atomic E-state index is 0.148. The van der Waals surface area contributed by atoms with Gasteiger partial charge in [0.2, 0.25) is 0 Å². The molecule has 1 aliphatic carbocycles. The summed E-state index contributed by atoms with van der Waals surface area (Å²) in [6.07, 6.45) is 3.20. The van der Waals surface area contributed by atoms with Crippen LogP contribution in [0.3, 0.4) is 0 Å². The van der Waals surface area contributed by atoms with Crippen LogP contribution >= 0.6 is 11.8 Å². The summed E-state index contributed by atoms with van der Waals surface area (Å²) in [6, 6.07) is 5.96. The van der Waals surface area contributed by atoms with Gasteiger partial charge in [0.25, 0.3) is 5.91 Å². The fourth-order valence-corrected chi connectivity index (χ4v) is 4.09. The summed E-state index contributed by atoms with van der Waals surface area (Å²) in [7, 11) is 0. The van der Waals surface area contributed by atoms with Crippen LogP contribution in [-0.4, -0.2) is 39.1 Å². The summed E-state index contributed by atoms with van der Waals surface area (Å²) < 4.78 is 13.7. The average Bonchev–Trinajstić information content (AvgIpc) is 2.55. The highest BCUT2D eigenvalue weighted by Gasteiger charge is 2.45. The molecule has 0 unspecified atom stereocenters. The maximum absolute atomic E-state index is 13.7. The van der Waals surface area contributed by atoms with Crippen molar-refractivity contribution in [1.82, 2.24) is 10.3 Å². The Morgan fingerprint density at radius 1 is 1.57 bits per heavy atom. The molecule has 2 aromatic rings. The minimum Gasteiger partial charge on any atom is -0.387 e. The Balaban J connectivity index is 1.77. The highest BCUT2D eigenvalue weighted by atomic mass is 32.2. The van der Waals surface area contributed by atoms with Gasteiger partial charge >= 0.3 is 0 Å². The predicted molar refractivity (Wildman–Crippen MR) is 90.1 cm³/mol. The number of aromatic nitrogens is 1. The lowest BCUT2D eigenvalue weighted by atomic mass is 9.79. The molecule has 0 radical (unpaired) electrons. The molecule has 0 saturated heterocycles. The van der Waals surface area contributed by atoms with Crippen molar-refractivity contribution < 1.29 is 14.3 Å². The quantitative estimate of drug-likeness (QED) is 0.883. The van der Waals surface area contributed by atoms with Crippen LogP contribution in [0.1, 0.15) is 30.1 Å². The number of nitrogens with zero attached hydrogens (tertiary/aromatic N) is 1. The van der Waals surface area contributed by atoms with Crippen LogP contribution in [0.2, 0.25) is 0 Å². The molecule has 1 aromatic carbocycles. The molecule has 1 aromatic heterocycles. The summed E-state index contributed by atoms with van der Waals surface area (Å²) in [5.74, 6) is 0.0468. The first kappa shape index (κ1) is 16.2. The van der Waals surface area contributed by atoms with Gasteiger partial charge in [-0.1, -0.05) is 13.0 Å². The number of amides is 1. The lowest BCUT2D eigenvalue weighted by Gasteiger charge is -2.45. The number of carbonyl (C=O) groups is 1. The van der Waals surface area contributed by atoms with E-state index in [9.17, 15) is 14.3 Å². The van der Waals surface area contributed by atoms with Gasteiger partial charge in [-0.3, -0.25) is 9.78 Å². The van der Waals surface area contributed by atoms with Crippen LogP contribution in [0.4, 0.5) is 4.39 Å². The molecule has 3 rings (SSSR count). The SMILES string of the molecule is CCS[C@@H]1CC[C@]1(O)CNC(=O)c1cc(F)cc2cccnc12. The number of benzene rings is 1. The van der Waals surface area contributed by atoms with E-state index in [-0.39, 0.29) is 17.4 Å². The number of fused-ring (bicyclic) bond motifs is 1. The summed E-state index contributed by atoms with van der Waals surface area (Å²) >= 11 is 1.70. The third kappa shape index (κ3) is 3.19. The summed E-state index contributed by atoms with van der Waals surface area (Å²) in [4.78, 5) is 16.6. The fraction of sp³-hybridized carbons (Fsp3) is 0.412. The largest absolute Gasteiger partial charge is 0.387 e. The molecular formula is C17H19FN2O2S. The number of rotatable bonds is 5. The molecule has 1 saturated carbocycles. The van der Waals surface area contributed by atoms with Crippen molar-refractivity contribution in [3.05, 3.63) is 41.8 Å². The molecule has 23 heavy (non-hydrogen) atoms. The molecule has 0 spiro atoms.